The van der Waals surface area contributed by atoms with Crippen LogP contribution in [0.3, 0.4) is 0 Å². The quantitative estimate of drug-likeness (QED) is 0.366. The van der Waals surface area contributed by atoms with Crippen LogP contribution in [-0.4, -0.2) is 60.4 Å². The highest BCUT2D eigenvalue weighted by atomic mass is 35.5. The number of nitrogens with zero attached hydrogens (tertiary/aromatic N) is 2. The number of hydrogen-bond donors (Lipinski definition) is 2. The van der Waals surface area contributed by atoms with Gasteiger partial charge in [-0.2, -0.15) is 0 Å². The van der Waals surface area contributed by atoms with Crippen molar-refractivity contribution in [3.8, 4) is 17.4 Å². The third-order valence-electron chi connectivity index (χ3n) is 7.46. The Morgan fingerprint density at radius 1 is 1.18 bits per heavy atom. The number of rotatable bonds is 9. The third kappa shape index (κ3) is 6.63. The fourth-order valence-corrected chi connectivity index (χ4v) is 5.36. The van der Waals surface area contributed by atoms with Crippen LogP contribution in [0.5, 0.6) is 17.4 Å². The molecule has 0 radical (unpaired) electrons. The Bertz CT molecular complexity index is 1360. The van der Waals surface area contributed by atoms with Crippen LogP contribution in [0.15, 0.2) is 66.9 Å². The largest absolute Gasteiger partial charge is 0.483 e. The topological polar surface area (TPSA) is 83.9 Å². The van der Waals surface area contributed by atoms with Gasteiger partial charge in [0.05, 0.1) is 5.60 Å². The van der Waals surface area contributed by atoms with Crippen LogP contribution in [0.2, 0.25) is 5.02 Å². The highest BCUT2D eigenvalue weighted by Crippen LogP contribution is 2.41. The molecule has 0 atom stereocenters. The molecule has 2 aliphatic rings. The second-order valence-electron chi connectivity index (χ2n) is 10.1. The van der Waals surface area contributed by atoms with Gasteiger partial charge in [-0.3, -0.25) is 4.79 Å². The van der Waals surface area contributed by atoms with Gasteiger partial charge in [0.1, 0.15) is 18.2 Å². The van der Waals surface area contributed by atoms with Gasteiger partial charge in [-0.25, -0.2) is 9.37 Å². The molecule has 1 aromatic heterocycles. The maximum Gasteiger partial charge on any atom is 0.258 e. The lowest BCUT2D eigenvalue weighted by atomic mass is 9.84. The third-order valence-corrected chi connectivity index (χ3v) is 7.71. The van der Waals surface area contributed by atoms with Gasteiger partial charge in [0.25, 0.3) is 5.91 Å². The number of allylic oxidation sites excluding steroid dienone is 1. The number of carbonyl (C=O) groups excluding carboxylic acids is 1. The lowest BCUT2D eigenvalue weighted by Crippen LogP contribution is -2.42. The Kier molecular flexibility index (Phi) is 8.99. The van der Waals surface area contributed by atoms with Crippen LogP contribution >= 0.6 is 11.6 Å². The predicted octanol–water partition coefficient (Wildman–Crippen LogP) is 5.31. The Morgan fingerprint density at radius 3 is 2.75 bits per heavy atom. The number of amides is 1. The van der Waals surface area contributed by atoms with Crippen LogP contribution in [0.25, 0.3) is 5.57 Å². The van der Waals surface area contributed by atoms with E-state index in [-0.39, 0.29) is 19.1 Å². The molecule has 7 nitrogen and oxygen atoms in total. The monoisotopic (exact) mass is 565 g/mol. The Balaban J connectivity index is 1.27. The molecule has 40 heavy (non-hydrogen) atoms. The van der Waals surface area contributed by atoms with Gasteiger partial charge in [-0.05, 0) is 66.8 Å². The number of nitrogens with one attached hydrogen (secondary N) is 1. The molecule has 0 unspecified atom stereocenters. The summed E-state index contributed by atoms with van der Waals surface area (Å²) in [7, 11) is 0. The molecule has 210 valence electrons. The van der Waals surface area contributed by atoms with Gasteiger partial charge >= 0.3 is 0 Å². The van der Waals surface area contributed by atoms with E-state index in [9.17, 15) is 14.3 Å². The normalized spacial score (nSPS) is 17.3. The molecule has 9 heteroatoms. The Morgan fingerprint density at radius 2 is 1.98 bits per heavy atom. The van der Waals surface area contributed by atoms with E-state index >= 15 is 0 Å². The van der Waals surface area contributed by atoms with E-state index in [1.807, 2.05) is 48.5 Å². The minimum absolute atomic E-state index is 0.0382. The number of benzene rings is 2. The smallest absolute Gasteiger partial charge is 0.258 e. The lowest BCUT2D eigenvalue weighted by Gasteiger charge is -2.38. The molecule has 2 aliphatic heterocycles. The maximum absolute atomic E-state index is 12.4. The fraction of sp³-hybridized carbons (Fsp3) is 0.355. The van der Waals surface area contributed by atoms with Crippen LogP contribution in [0, 0.1) is 0 Å². The zero-order valence-corrected chi connectivity index (χ0v) is 23.0. The number of piperidine rings is 1. The highest BCUT2D eigenvalue weighted by molar-refractivity contribution is 6.30. The minimum atomic E-state index is -0.828. The summed E-state index contributed by atoms with van der Waals surface area (Å²) in [6.45, 7) is 1.59. The first kappa shape index (κ1) is 28.1. The standard InChI is InChI=1S/C31H33ClFN3O4/c32-24-10-8-23(9-11-24)31(38)12-18-36(19-13-31)17-3-4-22-20-26-27(39-21-29(37)34-16-14-33)6-1-7-28(26)40-30-25(22)5-2-15-35-30/h1-2,4-11,15,38H,3,12-14,16-21H2,(H,34,37)/b22-4-. The second-order valence-corrected chi connectivity index (χ2v) is 10.5. The first-order chi connectivity index (χ1) is 19.4. The SMILES string of the molecule is O=C(COc1cccc2c1C/C(=C/CCN1CCC(O)(c3ccc(Cl)cc3)CC1)c1cccnc1O2)NCCF. The van der Waals surface area contributed by atoms with Gasteiger partial charge in [0.2, 0.25) is 5.88 Å². The molecular formula is C31H33ClFN3O4. The molecule has 1 saturated heterocycles. The van der Waals surface area contributed by atoms with Gasteiger partial charge < -0.3 is 24.8 Å². The van der Waals surface area contributed by atoms with Crippen molar-refractivity contribution in [3.63, 3.8) is 0 Å². The average Bonchev–Trinajstić information content (AvgIpc) is 3.13. The number of hydrogen-bond acceptors (Lipinski definition) is 6. The van der Waals surface area contributed by atoms with E-state index in [0.29, 0.717) is 41.7 Å². The van der Waals surface area contributed by atoms with Crippen LogP contribution in [0.4, 0.5) is 4.39 Å². The van der Waals surface area contributed by atoms with Gasteiger partial charge in [0.15, 0.2) is 6.61 Å². The number of pyridine rings is 1. The summed E-state index contributed by atoms with van der Waals surface area (Å²) >= 11 is 6.02. The summed E-state index contributed by atoms with van der Waals surface area (Å²) in [4.78, 5) is 18.8. The summed E-state index contributed by atoms with van der Waals surface area (Å²) < 4.78 is 24.4. The number of ether oxygens (including phenoxy) is 2. The van der Waals surface area contributed by atoms with E-state index in [1.165, 1.54) is 0 Å². The lowest BCUT2D eigenvalue weighted by molar-refractivity contribution is -0.123. The molecule has 0 spiro atoms. The van der Waals surface area contributed by atoms with Gasteiger partial charge in [0, 0.05) is 54.9 Å². The van der Waals surface area contributed by atoms with Gasteiger partial charge in [-0.1, -0.05) is 35.9 Å². The minimum Gasteiger partial charge on any atom is -0.483 e. The molecule has 5 rings (SSSR count). The van der Waals surface area contributed by atoms with Crippen molar-refractivity contribution in [1.82, 2.24) is 15.2 Å². The van der Waals surface area contributed by atoms with Crippen LogP contribution < -0.4 is 14.8 Å². The van der Waals surface area contributed by atoms with Crippen molar-refractivity contribution in [1.29, 1.82) is 0 Å². The summed E-state index contributed by atoms with van der Waals surface area (Å²) in [6.07, 6.45) is 6.60. The van der Waals surface area contributed by atoms with E-state index < -0.39 is 12.3 Å². The van der Waals surface area contributed by atoms with Crippen molar-refractivity contribution in [2.24, 2.45) is 0 Å². The molecule has 2 N–H and O–H groups in total. The summed E-state index contributed by atoms with van der Waals surface area (Å²) in [5, 5.41) is 14.3. The number of carbonyl (C=O) groups is 1. The van der Waals surface area contributed by atoms with Crippen LogP contribution in [0.1, 0.15) is 36.0 Å². The molecule has 0 bridgehead atoms. The summed E-state index contributed by atoms with van der Waals surface area (Å²) in [5.41, 5.74) is 2.90. The summed E-state index contributed by atoms with van der Waals surface area (Å²) in [6, 6.07) is 16.8. The number of halogens is 2. The molecule has 1 amide bonds. The van der Waals surface area contributed by atoms with Gasteiger partial charge in [-0.15, -0.1) is 0 Å². The molecule has 0 aliphatic carbocycles. The first-order valence-corrected chi connectivity index (χ1v) is 13.9. The van der Waals surface area contributed by atoms with Crippen molar-refractivity contribution < 1.29 is 23.8 Å². The van der Waals surface area contributed by atoms with E-state index in [1.54, 1.807) is 12.3 Å². The zero-order chi connectivity index (χ0) is 28.0. The van der Waals surface area contributed by atoms with Crippen LogP contribution in [-0.2, 0) is 16.8 Å². The highest BCUT2D eigenvalue weighted by Gasteiger charge is 2.33. The first-order valence-electron chi connectivity index (χ1n) is 13.6. The number of aliphatic hydroxyl groups is 1. The van der Waals surface area contributed by atoms with E-state index in [2.05, 4.69) is 21.3 Å². The average molecular weight is 566 g/mol. The second kappa shape index (κ2) is 12.8. The number of likely N-dealkylation sites (tertiary alicyclic amines) is 1. The van der Waals surface area contributed by atoms with Crippen molar-refractivity contribution in [2.45, 2.75) is 31.3 Å². The Labute approximate surface area is 238 Å². The molecule has 2 aromatic carbocycles. The van der Waals surface area contributed by atoms with Crippen molar-refractivity contribution in [2.75, 3.05) is 39.5 Å². The summed E-state index contributed by atoms with van der Waals surface area (Å²) in [5.74, 6) is 1.32. The number of fused-ring (bicyclic) bond motifs is 2. The van der Waals surface area contributed by atoms with E-state index in [4.69, 9.17) is 21.1 Å². The Hall–Kier alpha value is -3.46. The molecule has 0 saturated carbocycles. The number of alkyl halides is 1. The van der Waals surface area contributed by atoms with Crippen molar-refractivity contribution >= 4 is 23.1 Å². The van der Waals surface area contributed by atoms with E-state index in [0.717, 1.165) is 48.3 Å². The molecule has 3 aromatic rings. The number of aromatic nitrogens is 1. The predicted molar refractivity (Wildman–Crippen MR) is 153 cm³/mol. The molecule has 1 fully saturated rings. The zero-order valence-electron chi connectivity index (χ0n) is 22.2. The fourth-order valence-electron chi connectivity index (χ4n) is 5.24. The van der Waals surface area contributed by atoms with Crippen molar-refractivity contribution in [3.05, 3.63) is 88.6 Å². The molecular weight excluding hydrogens is 533 g/mol. The maximum atomic E-state index is 12.4. The molecule has 3 heterocycles.